The van der Waals surface area contributed by atoms with E-state index in [0.29, 0.717) is 0 Å². The van der Waals surface area contributed by atoms with Crippen LogP contribution in [0.4, 0.5) is 0 Å². The quantitative estimate of drug-likeness (QED) is 0.635. The maximum Gasteiger partial charge on any atom is 0.181 e. The first-order chi connectivity index (χ1) is 6.36. The van der Waals surface area contributed by atoms with Crippen molar-refractivity contribution in [3.63, 3.8) is 0 Å². The molecule has 0 aliphatic carbocycles. The summed E-state index contributed by atoms with van der Waals surface area (Å²) in [7, 11) is 0. The van der Waals surface area contributed by atoms with Gasteiger partial charge in [-0.2, -0.15) is 0 Å². The van der Waals surface area contributed by atoms with E-state index in [1.165, 1.54) is 18.5 Å². The minimum absolute atomic E-state index is 0.00898. The van der Waals surface area contributed by atoms with Gasteiger partial charge in [-0.25, -0.2) is 9.97 Å². The summed E-state index contributed by atoms with van der Waals surface area (Å²) in [6.07, 6.45) is 6.46. The molecule has 0 saturated carbocycles. The molecule has 4 heteroatoms. The largest absolute Gasteiger partial charge is 0.308 e. The Morgan fingerprint density at radius 2 is 1.92 bits per heavy atom. The van der Waals surface area contributed by atoms with Crippen LogP contribution in [0.2, 0.25) is 0 Å². The smallest absolute Gasteiger partial charge is 0.181 e. The van der Waals surface area contributed by atoms with E-state index in [-0.39, 0.29) is 5.43 Å². The van der Waals surface area contributed by atoms with Gasteiger partial charge in [-0.3, -0.25) is 4.79 Å². The molecule has 0 atom stereocenters. The fourth-order valence-electron chi connectivity index (χ4n) is 1.00. The Kier molecular flexibility index (Phi) is 1.88. The van der Waals surface area contributed by atoms with Gasteiger partial charge in [0.05, 0.1) is 0 Å². The van der Waals surface area contributed by atoms with Crippen LogP contribution in [-0.2, 0) is 0 Å². The monoisotopic (exact) mass is 173 g/mol. The lowest BCUT2D eigenvalue weighted by Crippen LogP contribution is -2.02. The van der Waals surface area contributed by atoms with Gasteiger partial charge < -0.3 is 4.57 Å². The van der Waals surface area contributed by atoms with Gasteiger partial charge in [-0.1, -0.05) is 0 Å². The molecule has 0 aliphatic heterocycles. The molecule has 2 heterocycles. The van der Waals surface area contributed by atoms with Crippen LogP contribution in [0.1, 0.15) is 0 Å². The first-order valence-corrected chi connectivity index (χ1v) is 3.81. The molecule has 0 N–H and O–H groups in total. The molecular weight excluding hydrogens is 166 g/mol. The lowest BCUT2D eigenvalue weighted by atomic mass is 10.4. The van der Waals surface area contributed by atoms with Crippen molar-refractivity contribution in [1.29, 1.82) is 0 Å². The second-order valence-corrected chi connectivity index (χ2v) is 2.51. The Hall–Kier alpha value is -1.97. The Labute approximate surface area is 74.5 Å². The molecular formula is C9H7N3O. The van der Waals surface area contributed by atoms with Crippen LogP contribution in [-0.4, -0.2) is 14.5 Å². The van der Waals surface area contributed by atoms with Crippen molar-refractivity contribution in [2.45, 2.75) is 0 Å². The van der Waals surface area contributed by atoms with E-state index in [9.17, 15) is 4.79 Å². The second-order valence-electron chi connectivity index (χ2n) is 2.51. The van der Waals surface area contributed by atoms with E-state index in [0.717, 1.165) is 5.82 Å². The van der Waals surface area contributed by atoms with Crippen molar-refractivity contribution in [2.75, 3.05) is 0 Å². The highest BCUT2D eigenvalue weighted by atomic mass is 16.1. The number of nitrogens with zero attached hydrogens (tertiary/aromatic N) is 3. The Balaban J connectivity index is 2.48. The molecule has 0 amide bonds. The number of rotatable bonds is 1. The van der Waals surface area contributed by atoms with Gasteiger partial charge in [0.15, 0.2) is 5.43 Å². The molecule has 0 bridgehead atoms. The predicted molar refractivity (Wildman–Crippen MR) is 47.6 cm³/mol. The molecule has 0 aliphatic rings. The summed E-state index contributed by atoms with van der Waals surface area (Å²) >= 11 is 0. The third-order valence-corrected chi connectivity index (χ3v) is 1.63. The summed E-state index contributed by atoms with van der Waals surface area (Å²) in [5.41, 5.74) is -0.00898. The molecule has 0 saturated heterocycles. The van der Waals surface area contributed by atoms with E-state index in [1.54, 1.807) is 29.2 Å². The zero-order valence-corrected chi connectivity index (χ0v) is 6.79. The van der Waals surface area contributed by atoms with Gasteiger partial charge >= 0.3 is 0 Å². The zero-order valence-electron chi connectivity index (χ0n) is 6.79. The lowest BCUT2D eigenvalue weighted by Gasteiger charge is -2.01. The summed E-state index contributed by atoms with van der Waals surface area (Å²) in [6, 6.07) is 4.74. The van der Waals surface area contributed by atoms with Gasteiger partial charge in [0.1, 0.15) is 12.1 Å². The normalized spacial score (nSPS) is 9.85. The predicted octanol–water partition coefficient (Wildman–Crippen LogP) is 0.627. The van der Waals surface area contributed by atoms with Gasteiger partial charge in [-0.05, 0) is 6.07 Å². The summed E-state index contributed by atoms with van der Waals surface area (Å²) < 4.78 is 1.75. The molecule has 0 radical (unpaired) electrons. The van der Waals surface area contributed by atoms with Crippen LogP contribution < -0.4 is 5.43 Å². The summed E-state index contributed by atoms with van der Waals surface area (Å²) in [6.45, 7) is 0. The fraction of sp³-hybridized carbons (Fsp3) is 0. The van der Waals surface area contributed by atoms with Gasteiger partial charge in [0, 0.05) is 30.7 Å². The van der Waals surface area contributed by atoms with Crippen LogP contribution in [0.15, 0.2) is 47.9 Å². The number of pyridine rings is 1. The second kappa shape index (κ2) is 3.18. The molecule has 0 unspecified atom stereocenters. The van der Waals surface area contributed by atoms with Gasteiger partial charge in [-0.15, -0.1) is 0 Å². The lowest BCUT2D eigenvalue weighted by molar-refractivity contribution is 0.959. The Morgan fingerprint density at radius 1 is 1.15 bits per heavy atom. The minimum atomic E-state index is -0.00898. The summed E-state index contributed by atoms with van der Waals surface area (Å²) in [4.78, 5) is 18.6. The Morgan fingerprint density at radius 3 is 2.54 bits per heavy atom. The van der Waals surface area contributed by atoms with E-state index < -0.39 is 0 Å². The molecule has 13 heavy (non-hydrogen) atoms. The average Bonchev–Trinajstić information content (AvgIpc) is 2.20. The first kappa shape index (κ1) is 7.67. The maximum absolute atomic E-state index is 10.8. The van der Waals surface area contributed by atoms with E-state index in [2.05, 4.69) is 9.97 Å². The van der Waals surface area contributed by atoms with Crippen LogP contribution in [0.25, 0.3) is 5.82 Å². The van der Waals surface area contributed by atoms with Crippen molar-refractivity contribution in [3.05, 3.63) is 53.3 Å². The highest BCUT2D eigenvalue weighted by Gasteiger charge is 1.92. The van der Waals surface area contributed by atoms with E-state index in [4.69, 9.17) is 0 Å². The fourth-order valence-corrected chi connectivity index (χ4v) is 1.00. The molecule has 0 spiro atoms. The number of hydrogen-bond acceptors (Lipinski definition) is 3. The number of hydrogen-bond donors (Lipinski definition) is 0. The molecule has 2 aromatic rings. The Bertz CT molecular complexity index is 429. The highest BCUT2D eigenvalue weighted by molar-refractivity contribution is 5.19. The van der Waals surface area contributed by atoms with Crippen molar-refractivity contribution in [1.82, 2.24) is 14.5 Å². The highest BCUT2D eigenvalue weighted by Crippen LogP contribution is 1.98. The topological polar surface area (TPSA) is 47.8 Å². The molecule has 2 aromatic heterocycles. The molecule has 2 rings (SSSR count). The third-order valence-electron chi connectivity index (χ3n) is 1.63. The maximum atomic E-state index is 10.8. The zero-order chi connectivity index (χ0) is 9.10. The van der Waals surface area contributed by atoms with Crippen LogP contribution in [0.3, 0.4) is 0 Å². The van der Waals surface area contributed by atoms with Gasteiger partial charge in [0.2, 0.25) is 0 Å². The third kappa shape index (κ3) is 1.61. The molecule has 0 fully saturated rings. The molecule has 64 valence electrons. The van der Waals surface area contributed by atoms with Crippen molar-refractivity contribution >= 4 is 0 Å². The van der Waals surface area contributed by atoms with E-state index >= 15 is 0 Å². The summed E-state index contributed by atoms with van der Waals surface area (Å²) in [5.74, 6) is 0.745. The number of aromatic nitrogens is 3. The standard InChI is InChI=1S/C9H7N3O/c13-8-2-5-12(6-3-8)9-1-4-10-7-11-9/h1-7H. The van der Waals surface area contributed by atoms with Crippen molar-refractivity contribution in [3.8, 4) is 5.82 Å². The van der Waals surface area contributed by atoms with E-state index in [1.807, 2.05) is 0 Å². The molecule has 4 nitrogen and oxygen atoms in total. The SMILES string of the molecule is O=c1ccn(-c2ccncn2)cc1. The van der Waals surface area contributed by atoms with Gasteiger partial charge in [0.25, 0.3) is 0 Å². The summed E-state index contributed by atoms with van der Waals surface area (Å²) in [5, 5.41) is 0. The molecule has 0 aromatic carbocycles. The van der Waals surface area contributed by atoms with Crippen LogP contribution in [0, 0.1) is 0 Å². The van der Waals surface area contributed by atoms with Crippen LogP contribution >= 0.6 is 0 Å². The average molecular weight is 173 g/mol. The first-order valence-electron chi connectivity index (χ1n) is 3.81. The van der Waals surface area contributed by atoms with Crippen LogP contribution in [0.5, 0.6) is 0 Å². The van der Waals surface area contributed by atoms with Crippen molar-refractivity contribution < 1.29 is 0 Å². The minimum Gasteiger partial charge on any atom is -0.308 e. The van der Waals surface area contributed by atoms with Crippen molar-refractivity contribution in [2.24, 2.45) is 0 Å².